The number of carbonyl (C=O) groups is 1. The van der Waals surface area contributed by atoms with Gasteiger partial charge in [-0.1, -0.05) is 0 Å². The Bertz CT molecular complexity index is 481. The van der Waals surface area contributed by atoms with Crippen molar-refractivity contribution in [2.24, 2.45) is 5.92 Å². The molecule has 0 radical (unpaired) electrons. The Morgan fingerprint density at radius 2 is 2.10 bits per heavy atom. The summed E-state index contributed by atoms with van der Waals surface area (Å²) in [6.45, 7) is 0. The van der Waals surface area contributed by atoms with E-state index in [4.69, 9.17) is 4.74 Å². The van der Waals surface area contributed by atoms with Gasteiger partial charge in [0, 0.05) is 12.1 Å². The maximum absolute atomic E-state index is 11.4. The second-order valence-electron chi connectivity index (χ2n) is 4.87. The largest absolute Gasteiger partial charge is 0.469 e. The van der Waals surface area contributed by atoms with Crippen molar-refractivity contribution in [3.63, 3.8) is 0 Å². The van der Waals surface area contributed by atoms with Gasteiger partial charge >= 0.3 is 5.97 Å². The lowest BCUT2D eigenvalue weighted by atomic mass is 9.86. The normalized spacial score (nSPS) is 22.1. The number of anilines is 1. The van der Waals surface area contributed by atoms with Crippen LogP contribution in [0.3, 0.4) is 0 Å². The van der Waals surface area contributed by atoms with Crippen molar-refractivity contribution in [3.05, 3.63) is 28.4 Å². The van der Waals surface area contributed by atoms with Crippen LogP contribution in [0.1, 0.15) is 25.7 Å². The van der Waals surface area contributed by atoms with Gasteiger partial charge < -0.3 is 10.1 Å². The molecule has 108 valence electrons. The highest BCUT2D eigenvalue weighted by molar-refractivity contribution is 5.72. The average molecular weight is 279 g/mol. The summed E-state index contributed by atoms with van der Waals surface area (Å²) >= 11 is 0. The molecule has 2 rings (SSSR count). The Morgan fingerprint density at radius 1 is 1.40 bits per heavy atom. The number of esters is 1. The summed E-state index contributed by atoms with van der Waals surface area (Å²) in [5.74, 6) is 0.469. The summed E-state index contributed by atoms with van der Waals surface area (Å²) in [5, 5.41) is 13.8. The Kier molecular flexibility index (Phi) is 4.49. The molecule has 1 fully saturated rings. The molecule has 1 heterocycles. The highest BCUT2D eigenvalue weighted by atomic mass is 16.6. The highest BCUT2D eigenvalue weighted by Crippen LogP contribution is 2.27. The number of nitrogens with one attached hydrogen (secondary N) is 1. The number of aromatic nitrogens is 1. The molecule has 1 N–H and O–H groups in total. The molecule has 0 aliphatic heterocycles. The zero-order valence-electron chi connectivity index (χ0n) is 11.2. The smallest absolute Gasteiger partial charge is 0.308 e. The number of nitrogens with zero attached hydrogens (tertiary/aromatic N) is 2. The van der Waals surface area contributed by atoms with Crippen molar-refractivity contribution in [1.82, 2.24) is 4.98 Å². The molecule has 0 saturated heterocycles. The third-order valence-corrected chi connectivity index (χ3v) is 3.57. The van der Waals surface area contributed by atoms with Crippen LogP contribution in [0.2, 0.25) is 0 Å². The molecule has 0 amide bonds. The maximum atomic E-state index is 11.4. The van der Waals surface area contributed by atoms with E-state index in [9.17, 15) is 14.9 Å². The number of hydrogen-bond donors (Lipinski definition) is 1. The van der Waals surface area contributed by atoms with Crippen LogP contribution < -0.4 is 5.32 Å². The van der Waals surface area contributed by atoms with Crippen molar-refractivity contribution in [3.8, 4) is 0 Å². The molecule has 1 aliphatic rings. The fourth-order valence-electron chi connectivity index (χ4n) is 2.43. The highest BCUT2D eigenvalue weighted by Gasteiger charge is 2.26. The minimum atomic E-state index is -0.474. The molecule has 7 nitrogen and oxygen atoms in total. The summed E-state index contributed by atoms with van der Waals surface area (Å²) in [6, 6.07) is 3.27. The van der Waals surface area contributed by atoms with Crippen molar-refractivity contribution in [2.45, 2.75) is 31.7 Å². The Hall–Kier alpha value is -2.18. The van der Waals surface area contributed by atoms with Gasteiger partial charge in [-0.3, -0.25) is 14.9 Å². The number of pyridine rings is 1. The minimum absolute atomic E-state index is 0.0112. The summed E-state index contributed by atoms with van der Waals surface area (Å²) in [6.07, 6.45) is 4.54. The van der Waals surface area contributed by atoms with Crippen molar-refractivity contribution in [2.75, 3.05) is 12.4 Å². The monoisotopic (exact) mass is 279 g/mol. The molecular weight excluding hydrogens is 262 g/mol. The molecule has 0 bridgehead atoms. The second kappa shape index (κ2) is 6.31. The van der Waals surface area contributed by atoms with Gasteiger partial charge in [-0.25, -0.2) is 4.98 Å². The molecule has 1 saturated carbocycles. The van der Waals surface area contributed by atoms with E-state index in [2.05, 4.69) is 10.3 Å². The zero-order valence-corrected chi connectivity index (χ0v) is 11.2. The summed E-state index contributed by atoms with van der Waals surface area (Å²) in [4.78, 5) is 25.5. The second-order valence-corrected chi connectivity index (χ2v) is 4.87. The van der Waals surface area contributed by atoms with E-state index in [1.54, 1.807) is 6.07 Å². The quantitative estimate of drug-likeness (QED) is 0.515. The standard InChI is InChI=1S/C13H17N3O4/c1-20-13(17)9-2-4-10(5-3-9)15-12-7-6-11(8-14-12)16(18)19/h6-10H,2-5H2,1H3,(H,14,15). The summed E-state index contributed by atoms with van der Waals surface area (Å²) in [5.41, 5.74) is -0.0232. The predicted octanol–water partition coefficient (Wildman–Crippen LogP) is 2.13. The van der Waals surface area contributed by atoms with Gasteiger partial charge in [-0.2, -0.15) is 0 Å². The SMILES string of the molecule is COC(=O)C1CCC(Nc2ccc([N+](=O)[O-])cn2)CC1. The molecule has 1 aromatic heterocycles. The molecule has 1 aromatic rings. The molecular formula is C13H17N3O4. The number of hydrogen-bond acceptors (Lipinski definition) is 6. The van der Waals surface area contributed by atoms with Crippen LogP contribution in [0.4, 0.5) is 11.5 Å². The fraction of sp³-hybridized carbons (Fsp3) is 0.538. The first kappa shape index (κ1) is 14.2. The molecule has 7 heteroatoms. The first-order valence-corrected chi connectivity index (χ1v) is 6.55. The van der Waals surface area contributed by atoms with E-state index in [0.29, 0.717) is 5.82 Å². The molecule has 0 unspecified atom stereocenters. The Morgan fingerprint density at radius 3 is 2.60 bits per heavy atom. The van der Waals surface area contributed by atoms with Crippen LogP contribution in [0.5, 0.6) is 0 Å². The fourth-order valence-corrected chi connectivity index (χ4v) is 2.43. The van der Waals surface area contributed by atoms with E-state index in [1.807, 2.05) is 0 Å². The molecule has 1 aliphatic carbocycles. The Labute approximate surface area is 116 Å². The first-order chi connectivity index (χ1) is 9.60. The van der Waals surface area contributed by atoms with Gasteiger partial charge in [-0.05, 0) is 31.7 Å². The van der Waals surface area contributed by atoms with Crippen LogP contribution in [-0.2, 0) is 9.53 Å². The molecule has 0 atom stereocenters. The first-order valence-electron chi connectivity index (χ1n) is 6.55. The van der Waals surface area contributed by atoms with E-state index >= 15 is 0 Å². The lowest BCUT2D eigenvalue weighted by molar-refractivity contribution is -0.385. The van der Waals surface area contributed by atoms with Crippen LogP contribution in [0.15, 0.2) is 18.3 Å². The Balaban J connectivity index is 1.86. The predicted molar refractivity (Wildman–Crippen MR) is 72.3 cm³/mol. The van der Waals surface area contributed by atoms with Crippen LogP contribution in [-0.4, -0.2) is 29.0 Å². The number of ether oxygens (including phenoxy) is 1. The molecule has 0 aromatic carbocycles. The minimum Gasteiger partial charge on any atom is -0.469 e. The maximum Gasteiger partial charge on any atom is 0.308 e. The lowest BCUT2D eigenvalue weighted by Gasteiger charge is -2.27. The summed E-state index contributed by atoms with van der Waals surface area (Å²) in [7, 11) is 1.41. The van der Waals surface area contributed by atoms with Crippen LogP contribution in [0, 0.1) is 16.0 Å². The molecule has 20 heavy (non-hydrogen) atoms. The van der Waals surface area contributed by atoms with Crippen molar-refractivity contribution < 1.29 is 14.5 Å². The third-order valence-electron chi connectivity index (χ3n) is 3.57. The number of rotatable bonds is 4. The van der Waals surface area contributed by atoms with E-state index in [-0.39, 0.29) is 23.6 Å². The number of nitro groups is 1. The van der Waals surface area contributed by atoms with Crippen LogP contribution >= 0.6 is 0 Å². The lowest BCUT2D eigenvalue weighted by Crippen LogP contribution is -2.30. The van der Waals surface area contributed by atoms with E-state index < -0.39 is 4.92 Å². The zero-order chi connectivity index (χ0) is 14.5. The van der Waals surface area contributed by atoms with E-state index in [1.165, 1.54) is 19.4 Å². The summed E-state index contributed by atoms with van der Waals surface area (Å²) < 4.78 is 4.74. The number of methoxy groups -OCH3 is 1. The van der Waals surface area contributed by atoms with E-state index in [0.717, 1.165) is 25.7 Å². The average Bonchev–Trinajstić information content (AvgIpc) is 2.48. The van der Waals surface area contributed by atoms with Crippen LogP contribution in [0.25, 0.3) is 0 Å². The van der Waals surface area contributed by atoms with Gasteiger partial charge in [0.05, 0.1) is 18.0 Å². The van der Waals surface area contributed by atoms with Crippen molar-refractivity contribution >= 4 is 17.5 Å². The van der Waals surface area contributed by atoms with Gasteiger partial charge in [-0.15, -0.1) is 0 Å². The van der Waals surface area contributed by atoms with Crippen molar-refractivity contribution in [1.29, 1.82) is 0 Å². The van der Waals surface area contributed by atoms with Gasteiger partial charge in [0.2, 0.25) is 0 Å². The molecule has 0 spiro atoms. The van der Waals surface area contributed by atoms with Gasteiger partial charge in [0.15, 0.2) is 0 Å². The van der Waals surface area contributed by atoms with Gasteiger partial charge in [0.25, 0.3) is 5.69 Å². The topological polar surface area (TPSA) is 94.4 Å². The third kappa shape index (κ3) is 3.43. The number of carbonyl (C=O) groups excluding carboxylic acids is 1. The van der Waals surface area contributed by atoms with Gasteiger partial charge in [0.1, 0.15) is 12.0 Å².